The summed E-state index contributed by atoms with van der Waals surface area (Å²) in [6, 6.07) is 3.74. The molecular weight excluding hydrogens is 382 g/mol. The van der Waals surface area contributed by atoms with E-state index in [4.69, 9.17) is 0 Å². The molecule has 5 nitrogen and oxygen atoms in total. The van der Waals surface area contributed by atoms with E-state index in [1.165, 1.54) is 26.8 Å². The van der Waals surface area contributed by atoms with Crippen molar-refractivity contribution in [2.75, 3.05) is 13.1 Å². The maximum atomic E-state index is 14.0. The molecule has 2 aromatic heterocycles. The Bertz CT molecular complexity index is 992. The number of aryl methyl sites for hydroxylation is 1. The number of benzene rings is 1. The van der Waals surface area contributed by atoms with Gasteiger partial charge in [0.1, 0.15) is 4.88 Å². The fourth-order valence-corrected chi connectivity index (χ4v) is 5.62. The van der Waals surface area contributed by atoms with Crippen molar-refractivity contribution in [3.05, 3.63) is 46.1 Å². The van der Waals surface area contributed by atoms with Crippen LogP contribution < -0.4 is 4.90 Å². The molecule has 1 aliphatic heterocycles. The number of thiazole rings is 1. The lowest BCUT2D eigenvalue weighted by molar-refractivity contribution is -0.936. The molecule has 1 aliphatic rings. The van der Waals surface area contributed by atoms with E-state index in [0.717, 1.165) is 25.6 Å². The standard InChI is InChI=1S/C20H24F2N4OS/c1-4-16-23-20-26(24-16)19(27)18(28-20)17(13-5-6-14(21)15(22)8-13)25-9-11(2)7-12(3)10-25/h5-6,8,11-12,17,27H,4,7,9-10H2,1-3H3/p+1/t11-,12-,17-/m0/s1. The predicted octanol–water partition coefficient (Wildman–Crippen LogP) is 2.99. The molecule has 3 heterocycles. The normalized spacial score (nSPS) is 24.0. The number of aromatic hydroxyl groups is 1. The summed E-state index contributed by atoms with van der Waals surface area (Å²) in [6.07, 6.45) is 1.83. The van der Waals surface area contributed by atoms with E-state index in [-0.39, 0.29) is 11.9 Å². The largest absolute Gasteiger partial charge is 0.492 e. The van der Waals surface area contributed by atoms with Crippen LogP contribution in [0.15, 0.2) is 18.2 Å². The zero-order chi connectivity index (χ0) is 20.0. The third-order valence-electron chi connectivity index (χ3n) is 5.53. The van der Waals surface area contributed by atoms with Crippen molar-refractivity contribution < 1.29 is 18.8 Å². The zero-order valence-corrected chi connectivity index (χ0v) is 17.1. The Morgan fingerprint density at radius 2 is 1.96 bits per heavy atom. The van der Waals surface area contributed by atoms with Gasteiger partial charge < -0.3 is 10.0 Å². The molecule has 0 unspecified atom stereocenters. The third-order valence-corrected chi connectivity index (χ3v) is 6.62. The van der Waals surface area contributed by atoms with Gasteiger partial charge >= 0.3 is 0 Å². The lowest BCUT2D eigenvalue weighted by Gasteiger charge is -2.37. The molecule has 150 valence electrons. The second kappa shape index (κ2) is 7.40. The minimum absolute atomic E-state index is 0.0420. The van der Waals surface area contributed by atoms with Gasteiger partial charge in [0.05, 0.1) is 13.1 Å². The van der Waals surface area contributed by atoms with Gasteiger partial charge in [-0.2, -0.15) is 4.52 Å². The Morgan fingerprint density at radius 1 is 1.25 bits per heavy atom. The van der Waals surface area contributed by atoms with Gasteiger partial charge in [0, 0.05) is 23.8 Å². The number of piperidine rings is 1. The van der Waals surface area contributed by atoms with Crippen molar-refractivity contribution in [1.29, 1.82) is 0 Å². The smallest absolute Gasteiger partial charge is 0.235 e. The summed E-state index contributed by atoms with van der Waals surface area (Å²) < 4.78 is 29.1. The Hall–Kier alpha value is -2.06. The van der Waals surface area contributed by atoms with Gasteiger partial charge in [-0.05, 0) is 24.6 Å². The van der Waals surface area contributed by atoms with Crippen molar-refractivity contribution >= 4 is 16.3 Å². The number of aromatic nitrogens is 3. The minimum atomic E-state index is -0.868. The topological polar surface area (TPSA) is 54.9 Å². The fraction of sp³-hybridized carbons (Fsp3) is 0.500. The highest BCUT2D eigenvalue weighted by molar-refractivity contribution is 7.17. The number of hydrogen-bond donors (Lipinski definition) is 2. The fourth-order valence-electron chi connectivity index (χ4n) is 4.46. The molecule has 8 heteroatoms. The van der Waals surface area contributed by atoms with Crippen molar-refractivity contribution in [3.8, 4) is 5.88 Å². The third kappa shape index (κ3) is 3.39. The van der Waals surface area contributed by atoms with E-state index in [1.807, 2.05) is 6.92 Å². The SMILES string of the molecule is CCc1nc2sc([C@H](c3ccc(F)c(F)c3)[NH+]3C[C@@H](C)C[C@H](C)C3)c(O)n2n1. The number of likely N-dealkylation sites (tertiary alicyclic amines) is 1. The summed E-state index contributed by atoms with van der Waals surface area (Å²) in [5.41, 5.74) is 0.658. The molecule has 3 atom stereocenters. The maximum absolute atomic E-state index is 14.0. The number of fused-ring (bicyclic) bond motifs is 1. The number of quaternary nitrogens is 1. The average molecular weight is 408 g/mol. The molecule has 1 fully saturated rings. The maximum Gasteiger partial charge on any atom is 0.235 e. The monoisotopic (exact) mass is 407 g/mol. The van der Waals surface area contributed by atoms with Crippen LogP contribution in [0.4, 0.5) is 8.78 Å². The van der Waals surface area contributed by atoms with Crippen LogP contribution in [0.25, 0.3) is 4.96 Å². The molecule has 4 rings (SSSR count). The summed E-state index contributed by atoms with van der Waals surface area (Å²) in [5.74, 6) is 0.0139. The van der Waals surface area contributed by atoms with Gasteiger partial charge in [-0.25, -0.2) is 13.8 Å². The molecule has 0 aliphatic carbocycles. The van der Waals surface area contributed by atoms with Crippen LogP contribution >= 0.6 is 11.3 Å². The van der Waals surface area contributed by atoms with Crippen molar-refractivity contribution in [2.45, 2.75) is 39.7 Å². The van der Waals surface area contributed by atoms with E-state index in [1.54, 1.807) is 6.07 Å². The van der Waals surface area contributed by atoms with E-state index in [0.29, 0.717) is 39.5 Å². The van der Waals surface area contributed by atoms with Gasteiger partial charge in [0.2, 0.25) is 10.8 Å². The van der Waals surface area contributed by atoms with Crippen molar-refractivity contribution in [2.24, 2.45) is 11.8 Å². The summed E-state index contributed by atoms with van der Waals surface area (Å²) in [6.45, 7) is 8.20. The Morgan fingerprint density at radius 3 is 2.57 bits per heavy atom. The molecule has 0 spiro atoms. The first-order valence-corrected chi connectivity index (χ1v) is 10.6. The highest BCUT2D eigenvalue weighted by Crippen LogP contribution is 2.36. The molecule has 28 heavy (non-hydrogen) atoms. The van der Waals surface area contributed by atoms with E-state index in [9.17, 15) is 13.9 Å². The van der Waals surface area contributed by atoms with Crippen LogP contribution in [-0.4, -0.2) is 32.8 Å². The van der Waals surface area contributed by atoms with Crippen LogP contribution in [0.1, 0.15) is 49.5 Å². The van der Waals surface area contributed by atoms with Gasteiger partial charge in [-0.1, -0.05) is 32.1 Å². The van der Waals surface area contributed by atoms with Gasteiger partial charge in [0.15, 0.2) is 23.5 Å². The van der Waals surface area contributed by atoms with Crippen LogP contribution in [0.3, 0.4) is 0 Å². The molecule has 0 bridgehead atoms. The molecule has 1 aromatic carbocycles. The van der Waals surface area contributed by atoms with Gasteiger partial charge in [0.25, 0.3) is 0 Å². The molecule has 3 aromatic rings. The number of halogens is 2. The Kier molecular flexibility index (Phi) is 5.09. The molecular formula is C20H25F2N4OS+. The number of rotatable bonds is 4. The Balaban J connectivity index is 1.83. The number of nitrogens with zero attached hydrogens (tertiary/aromatic N) is 3. The number of nitrogens with one attached hydrogen (secondary N) is 1. The zero-order valence-electron chi connectivity index (χ0n) is 16.2. The van der Waals surface area contributed by atoms with E-state index < -0.39 is 11.6 Å². The lowest BCUT2D eigenvalue weighted by atomic mass is 9.89. The van der Waals surface area contributed by atoms with Crippen LogP contribution in [0, 0.1) is 23.5 Å². The lowest BCUT2D eigenvalue weighted by Crippen LogP contribution is -3.14. The second-order valence-electron chi connectivity index (χ2n) is 7.98. The van der Waals surface area contributed by atoms with E-state index >= 15 is 0 Å². The minimum Gasteiger partial charge on any atom is -0.492 e. The second-order valence-corrected chi connectivity index (χ2v) is 8.99. The van der Waals surface area contributed by atoms with Gasteiger partial charge in [-0.15, -0.1) is 5.10 Å². The summed E-state index contributed by atoms with van der Waals surface area (Å²) in [5, 5.41) is 15.3. The van der Waals surface area contributed by atoms with Gasteiger partial charge in [-0.3, -0.25) is 0 Å². The summed E-state index contributed by atoms with van der Waals surface area (Å²) in [4.78, 5) is 7.02. The van der Waals surface area contributed by atoms with Crippen LogP contribution in [-0.2, 0) is 6.42 Å². The molecule has 0 saturated carbocycles. The highest BCUT2D eigenvalue weighted by atomic mass is 32.1. The first-order valence-electron chi connectivity index (χ1n) is 9.74. The quantitative estimate of drug-likeness (QED) is 0.699. The molecule has 2 N–H and O–H groups in total. The highest BCUT2D eigenvalue weighted by Gasteiger charge is 2.37. The van der Waals surface area contributed by atoms with Crippen molar-refractivity contribution in [1.82, 2.24) is 14.6 Å². The molecule has 0 amide bonds. The van der Waals surface area contributed by atoms with E-state index in [2.05, 4.69) is 23.9 Å². The van der Waals surface area contributed by atoms with Crippen LogP contribution in [0.5, 0.6) is 5.88 Å². The first kappa shape index (κ1) is 19.3. The summed E-state index contributed by atoms with van der Waals surface area (Å²) >= 11 is 1.37. The Labute approximate surface area is 166 Å². The molecule has 1 saturated heterocycles. The first-order chi connectivity index (χ1) is 13.4. The van der Waals surface area contributed by atoms with Crippen LogP contribution in [0.2, 0.25) is 0 Å². The average Bonchev–Trinajstić information content (AvgIpc) is 3.17. The predicted molar refractivity (Wildman–Crippen MR) is 104 cm³/mol. The summed E-state index contributed by atoms with van der Waals surface area (Å²) in [7, 11) is 0. The molecule has 0 radical (unpaired) electrons. The van der Waals surface area contributed by atoms with Crippen molar-refractivity contribution in [3.63, 3.8) is 0 Å². The number of hydrogen-bond acceptors (Lipinski definition) is 4.